The summed E-state index contributed by atoms with van der Waals surface area (Å²) in [5.41, 5.74) is 1.31. The van der Waals surface area contributed by atoms with E-state index in [2.05, 4.69) is 33.5 Å². The van der Waals surface area contributed by atoms with Crippen LogP contribution in [0.3, 0.4) is 0 Å². The Labute approximate surface area is 255 Å². The highest BCUT2D eigenvalue weighted by atomic mass is 127. The zero-order chi connectivity index (χ0) is 29.5. The van der Waals surface area contributed by atoms with Gasteiger partial charge in [-0.1, -0.05) is 23.3 Å². The maximum absolute atomic E-state index is 13.9. The average Bonchev–Trinajstić information content (AvgIpc) is 3.27. The summed E-state index contributed by atoms with van der Waals surface area (Å²) in [6.45, 7) is 7.04. The molecule has 3 aromatic rings. The molecule has 0 aliphatic carbocycles. The first-order valence-electron chi connectivity index (χ1n) is 12.9. The van der Waals surface area contributed by atoms with Crippen molar-refractivity contribution in [1.82, 2.24) is 4.57 Å². The number of nitrogens with zero attached hydrogens (tertiary/aromatic N) is 2. The van der Waals surface area contributed by atoms with E-state index in [-0.39, 0.29) is 17.7 Å². The normalized spacial score (nSPS) is 14.3. The van der Waals surface area contributed by atoms with E-state index in [0.29, 0.717) is 57.7 Å². The molecule has 0 saturated heterocycles. The molecule has 4 rings (SSSR count). The van der Waals surface area contributed by atoms with Crippen LogP contribution in [0.4, 0.5) is 0 Å². The highest BCUT2D eigenvalue weighted by Gasteiger charge is 2.31. The summed E-state index contributed by atoms with van der Waals surface area (Å²) < 4.78 is 30.8. The zero-order valence-electron chi connectivity index (χ0n) is 23.1. The number of fused-ring (bicyclic) bond motifs is 1. The van der Waals surface area contributed by atoms with Crippen molar-refractivity contribution in [2.75, 3.05) is 33.5 Å². The van der Waals surface area contributed by atoms with Crippen molar-refractivity contribution in [3.63, 3.8) is 0 Å². The molecule has 0 N–H and O–H groups in total. The van der Waals surface area contributed by atoms with Crippen LogP contribution in [0.25, 0.3) is 6.08 Å². The van der Waals surface area contributed by atoms with Crippen molar-refractivity contribution in [2.24, 2.45) is 4.99 Å². The van der Waals surface area contributed by atoms with Crippen LogP contribution >= 0.6 is 33.9 Å². The highest BCUT2D eigenvalue weighted by Crippen LogP contribution is 2.36. The number of rotatable bonds is 11. The van der Waals surface area contributed by atoms with E-state index < -0.39 is 12.0 Å². The van der Waals surface area contributed by atoms with E-state index in [1.807, 2.05) is 32.9 Å². The summed E-state index contributed by atoms with van der Waals surface area (Å²) >= 11 is 3.37. The Kier molecular flexibility index (Phi) is 10.1. The van der Waals surface area contributed by atoms with Crippen molar-refractivity contribution in [3.05, 3.63) is 76.5 Å². The molecule has 0 unspecified atom stereocenters. The number of esters is 1. The molecule has 41 heavy (non-hydrogen) atoms. The quantitative estimate of drug-likeness (QED) is 0.172. The van der Waals surface area contributed by atoms with Gasteiger partial charge in [0.25, 0.3) is 5.56 Å². The lowest BCUT2D eigenvalue weighted by Gasteiger charge is -2.23. The maximum atomic E-state index is 13.9. The van der Waals surface area contributed by atoms with Gasteiger partial charge in [0.15, 0.2) is 27.8 Å². The lowest BCUT2D eigenvalue weighted by Crippen LogP contribution is -2.39. The van der Waals surface area contributed by atoms with E-state index in [1.165, 1.54) is 29.2 Å². The van der Waals surface area contributed by atoms with E-state index in [0.717, 1.165) is 9.13 Å². The third-order valence-electron chi connectivity index (χ3n) is 5.94. The van der Waals surface area contributed by atoms with Gasteiger partial charge in [0, 0.05) is 6.20 Å². The van der Waals surface area contributed by atoms with Crippen LogP contribution in [0, 0.1) is 15.9 Å². The predicted molar refractivity (Wildman–Crippen MR) is 165 cm³/mol. The Balaban J connectivity index is 1.88. The minimum atomic E-state index is -0.783. The first kappa shape index (κ1) is 30.2. The molecule has 0 radical (unpaired) electrons. The highest BCUT2D eigenvalue weighted by molar-refractivity contribution is 14.1. The Morgan fingerprint density at radius 1 is 1.07 bits per heavy atom. The number of benzene rings is 2. The number of hydrogen-bond acceptors (Lipinski definition) is 9. The Morgan fingerprint density at radius 3 is 2.46 bits per heavy atom. The van der Waals surface area contributed by atoms with Crippen molar-refractivity contribution in [3.8, 4) is 35.3 Å². The second kappa shape index (κ2) is 13.7. The lowest BCUT2D eigenvalue weighted by molar-refractivity contribution is -0.136. The number of halogens is 1. The molecule has 11 heteroatoms. The van der Waals surface area contributed by atoms with Gasteiger partial charge in [-0.15, -0.1) is 6.42 Å². The summed E-state index contributed by atoms with van der Waals surface area (Å²) in [4.78, 5) is 31.6. The molecule has 2 heterocycles. The first-order chi connectivity index (χ1) is 19.9. The smallest absolute Gasteiger partial charge is 0.337 e. The summed E-state index contributed by atoms with van der Waals surface area (Å²) in [5.74, 6) is 4.04. The Bertz CT molecular complexity index is 1700. The second-order valence-corrected chi connectivity index (χ2v) is 10.7. The molecule has 1 aliphatic rings. The fraction of sp³-hybridized carbons (Fsp3) is 0.300. The molecule has 9 nitrogen and oxygen atoms in total. The maximum Gasteiger partial charge on any atom is 0.337 e. The Morgan fingerprint density at radius 2 is 1.78 bits per heavy atom. The van der Waals surface area contributed by atoms with E-state index >= 15 is 0 Å². The monoisotopic (exact) mass is 688 g/mol. The van der Waals surface area contributed by atoms with Gasteiger partial charge < -0.3 is 23.7 Å². The molecule has 214 valence electrons. The molecule has 0 saturated carbocycles. The molecular weight excluding hydrogens is 659 g/mol. The predicted octanol–water partition coefficient (Wildman–Crippen LogP) is 3.83. The summed E-state index contributed by atoms with van der Waals surface area (Å²) in [7, 11) is 1.30. The van der Waals surface area contributed by atoms with Gasteiger partial charge in [0.1, 0.15) is 6.61 Å². The largest absolute Gasteiger partial charge is 0.490 e. The van der Waals surface area contributed by atoms with Crippen LogP contribution in [0.5, 0.6) is 23.0 Å². The minimum absolute atomic E-state index is 0.104. The van der Waals surface area contributed by atoms with Gasteiger partial charge in [-0.3, -0.25) is 9.36 Å². The van der Waals surface area contributed by atoms with Gasteiger partial charge in [0.05, 0.1) is 46.6 Å². The second-order valence-electron chi connectivity index (χ2n) is 8.50. The van der Waals surface area contributed by atoms with E-state index in [4.69, 9.17) is 30.1 Å². The number of ether oxygens (including phenoxy) is 5. The molecule has 0 bridgehead atoms. The van der Waals surface area contributed by atoms with Gasteiger partial charge in [0.2, 0.25) is 0 Å². The van der Waals surface area contributed by atoms with Crippen LogP contribution in [0.2, 0.25) is 0 Å². The SMILES string of the molecule is C#CCOc1c(I)cc(/C=c2\sc3n(c2=O)[C@H](c2ccc(OCC)c(OCC)c2)C(C(=O)OC)=CN=3)cc1OCC. The summed E-state index contributed by atoms with van der Waals surface area (Å²) in [6, 6.07) is 8.26. The summed E-state index contributed by atoms with van der Waals surface area (Å²) in [6.07, 6.45) is 8.59. The standard InChI is InChI=1S/C30H29IN2O7S/c1-6-12-40-27-21(31)13-18(14-24(27)39-9-4)15-25-28(34)33-26(20(29(35)36-5)17-32-30(33)41-25)19-10-11-22(37-7-2)23(16-19)38-8-3/h1,10-11,13-17,26H,7-9,12H2,2-5H3/b25-15-/t26-/m1/s1. The molecule has 1 aliphatic heterocycles. The fourth-order valence-electron chi connectivity index (χ4n) is 4.33. The topological polar surface area (TPSA) is 97.6 Å². The molecule has 1 atom stereocenters. The van der Waals surface area contributed by atoms with Crippen LogP contribution in [-0.4, -0.2) is 44.1 Å². The van der Waals surface area contributed by atoms with E-state index in [1.54, 1.807) is 24.3 Å². The Hall–Kier alpha value is -3.76. The van der Waals surface area contributed by atoms with Crippen LogP contribution in [0.1, 0.15) is 37.9 Å². The van der Waals surface area contributed by atoms with Gasteiger partial charge in [-0.05, 0) is 84.8 Å². The molecule has 0 amide bonds. The number of carbonyl (C=O) groups is 1. The molecule has 0 fully saturated rings. The molecule has 2 aromatic carbocycles. The molecule has 0 spiro atoms. The molecule has 1 aromatic heterocycles. The first-order valence-corrected chi connectivity index (χ1v) is 14.8. The third kappa shape index (κ3) is 6.44. The van der Waals surface area contributed by atoms with Gasteiger partial charge in [-0.25, -0.2) is 9.79 Å². The van der Waals surface area contributed by atoms with Crippen LogP contribution < -0.4 is 33.8 Å². The van der Waals surface area contributed by atoms with Crippen LogP contribution in [-0.2, 0) is 9.53 Å². The minimum Gasteiger partial charge on any atom is -0.490 e. The van der Waals surface area contributed by atoms with E-state index in [9.17, 15) is 9.59 Å². The number of carbonyl (C=O) groups excluding carboxylic acids is 1. The zero-order valence-corrected chi connectivity index (χ0v) is 26.0. The van der Waals surface area contributed by atoms with Crippen molar-refractivity contribution < 1.29 is 28.5 Å². The van der Waals surface area contributed by atoms with Crippen LogP contribution in [0.15, 0.2) is 51.9 Å². The lowest BCUT2D eigenvalue weighted by atomic mass is 9.97. The number of hydrogen-bond donors (Lipinski definition) is 0. The number of aromatic nitrogens is 1. The number of terminal acetylenes is 1. The fourth-order valence-corrected chi connectivity index (χ4v) is 6.08. The van der Waals surface area contributed by atoms with Gasteiger partial charge >= 0.3 is 5.97 Å². The summed E-state index contributed by atoms with van der Waals surface area (Å²) in [5, 5.41) is 0. The average molecular weight is 689 g/mol. The van der Waals surface area contributed by atoms with Crippen molar-refractivity contribution in [1.29, 1.82) is 0 Å². The van der Waals surface area contributed by atoms with Gasteiger partial charge in [-0.2, -0.15) is 0 Å². The van der Waals surface area contributed by atoms with Crippen molar-refractivity contribution >= 4 is 46.0 Å². The van der Waals surface area contributed by atoms with Crippen molar-refractivity contribution in [2.45, 2.75) is 26.8 Å². The third-order valence-corrected chi connectivity index (χ3v) is 7.74. The number of thiazole rings is 1. The number of methoxy groups -OCH3 is 1. The molecular formula is C30H29IN2O7S.